The van der Waals surface area contributed by atoms with Gasteiger partial charge >= 0.3 is 11.9 Å². The second-order valence-electron chi connectivity index (χ2n) is 7.18. The molecule has 0 aromatic carbocycles. The first-order valence-corrected chi connectivity index (χ1v) is 9.33. The molecule has 1 aliphatic carbocycles. The van der Waals surface area contributed by atoms with Gasteiger partial charge in [-0.2, -0.15) is 0 Å². The number of esters is 2. The van der Waals surface area contributed by atoms with Crippen LogP contribution >= 0.6 is 0 Å². The van der Waals surface area contributed by atoms with E-state index >= 15 is 0 Å². The maximum atomic E-state index is 12.9. The van der Waals surface area contributed by atoms with E-state index < -0.39 is 5.41 Å². The second kappa shape index (κ2) is 9.94. The van der Waals surface area contributed by atoms with Gasteiger partial charge in [-0.1, -0.05) is 47.0 Å². The molecular formula is C19H34O4. The molecule has 0 aromatic heterocycles. The zero-order valence-corrected chi connectivity index (χ0v) is 15.4. The van der Waals surface area contributed by atoms with Gasteiger partial charge in [0.15, 0.2) is 5.41 Å². The molecule has 0 saturated heterocycles. The van der Waals surface area contributed by atoms with Gasteiger partial charge in [0, 0.05) is 0 Å². The quantitative estimate of drug-likeness (QED) is 0.462. The van der Waals surface area contributed by atoms with Crippen molar-refractivity contribution in [2.45, 2.75) is 79.1 Å². The Hall–Kier alpha value is -1.06. The van der Waals surface area contributed by atoms with Crippen LogP contribution in [0, 0.1) is 17.3 Å². The number of carbonyl (C=O) groups is 2. The van der Waals surface area contributed by atoms with E-state index in [4.69, 9.17) is 9.47 Å². The van der Waals surface area contributed by atoms with Gasteiger partial charge in [0.1, 0.15) is 0 Å². The van der Waals surface area contributed by atoms with E-state index in [-0.39, 0.29) is 23.8 Å². The van der Waals surface area contributed by atoms with Gasteiger partial charge in [0.2, 0.25) is 0 Å². The molecule has 4 heteroatoms. The molecule has 0 spiro atoms. The monoisotopic (exact) mass is 326 g/mol. The molecule has 0 heterocycles. The van der Waals surface area contributed by atoms with Gasteiger partial charge in [-0.25, -0.2) is 0 Å². The van der Waals surface area contributed by atoms with Crippen molar-refractivity contribution in [3.05, 3.63) is 0 Å². The summed E-state index contributed by atoms with van der Waals surface area (Å²) in [5.41, 5.74) is -1.11. The molecule has 0 bridgehead atoms. The molecule has 0 unspecified atom stereocenters. The number of hydrogen-bond donors (Lipinski definition) is 0. The average Bonchev–Trinajstić information content (AvgIpc) is 2.55. The van der Waals surface area contributed by atoms with Crippen LogP contribution in [0.4, 0.5) is 0 Å². The number of rotatable bonds is 9. The van der Waals surface area contributed by atoms with Gasteiger partial charge in [0.05, 0.1) is 13.2 Å². The van der Waals surface area contributed by atoms with Crippen LogP contribution in [0.25, 0.3) is 0 Å². The topological polar surface area (TPSA) is 52.6 Å². The van der Waals surface area contributed by atoms with Crippen molar-refractivity contribution in [3.63, 3.8) is 0 Å². The van der Waals surface area contributed by atoms with Crippen molar-refractivity contribution >= 4 is 11.9 Å². The molecule has 0 aromatic rings. The van der Waals surface area contributed by atoms with Crippen molar-refractivity contribution in [2.24, 2.45) is 17.3 Å². The van der Waals surface area contributed by atoms with E-state index in [1.807, 2.05) is 13.8 Å². The third-order valence-electron chi connectivity index (χ3n) is 4.64. The van der Waals surface area contributed by atoms with Gasteiger partial charge in [0.25, 0.3) is 0 Å². The summed E-state index contributed by atoms with van der Waals surface area (Å²) in [6.07, 6.45) is 7.20. The summed E-state index contributed by atoms with van der Waals surface area (Å²) in [5.74, 6) is -0.435. The molecule has 0 radical (unpaired) electrons. The van der Waals surface area contributed by atoms with Crippen LogP contribution in [0.1, 0.15) is 79.1 Å². The first-order chi connectivity index (χ1) is 11.0. The third kappa shape index (κ3) is 5.22. The van der Waals surface area contributed by atoms with Gasteiger partial charge in [-0.05, 0) is 43.9 Å². The van der Waals surface area contributed by atoms with E-state index in [0.717, 1.165) is 38.5 Å². The van der Waals surface area contributed by atoms with E-state index in [1.165, 1.54) is 6.42 Å². The standard InChI is InChI=1S/C19H34O4/c1-5-12-22-17(20)19(14-15(3)4,18(21)23-13-6-2)16-10-8-7-9-11-16/h15-16H,5-14H2,1-4H3. The van der Waals surface area contributed by atoms with Crippen LogP contribution in [0.3, 0.4) is 0 Å². The Bertz CT molecular complexity index is 350. The summed E-state index contributed by atoms with van der Waals surface area (Å²) in [5, 5.41) is 0. The van der Waals surface area contributed by atoms with Crippen LogP contribution in [0.15, 0.2) is 0 Å². The SMILES string of the molecule is CCCOC(=O)C(CC(C)C)(C(=O)OCCC)C1CCCCC1. The van der Waals surface area contributed by atoms with Crippen LogP contribution in [-0.2, 0) is 19.1 Å². The van der Waals surface area contributed by atoms with Crippen LogP contribution < -0.4 is 0 Å². The lowest BCUT2D eigenvalue weighted by molar-refractivity contribution is -0.180. The van der Waals surface area contributed by atoms with E-state index in [9.17, 15) is 9.59 Å². The normalized spacial score (nSPS) is 16.4. The predicted molar refractivity (Wildman–Crippen MR) is 91.0 cm³/mol. The first-order valence-electron chi connectivity index (χ1n) is 9.33. The smallest absolute Gasteiger partial charge is 0.323 e. The molecule has 1 rings (SSSR count). The molecule has 134 valence electrons. The number of carbonyl (C=O) groups excluding carboxylic acids is 2. The molecule has 23 heavy (non-hydrogen) atoms. The second-order valence-corrected chi connectivity index (χ2v) is 7.18. The zero-order valence-electron chi connectivity index (χ0n) is 15.4. The molecule has 0 aliphatic heterocycles. The van der Waals surface area contributed by atoms with Crippen LogP contribution in [-0.4, -0.2) is 25.2 Å². The highest BCUT2D eigenvalue weighted by molar-refractivity contribution is 6.00. The minimum atomic E-state index is -1.11. The highest BCUT2D eigenvalue weighted by atomic mass is 16.6. The summed E-state index contributed by atoms with van der Waals surface area (Å²) in [7, 11) is 0. The molecule has 1 aliphatic rings. The Morgan fingerprint density at radius 2 is 1.43 bits per heavy atom. The molecular weight excluding hydrogens is 292 g/mol. The Morgan fingerprint density at radius 1 is 0.957 bits per heavy atom. The van der Waals surface area contributed by atoms with E-state index in [1.54, 1.807) is 0 Å². The van der Waals surface area contributed by atoms with E-state index in [2.05, 4.69) is 13.8 Å². The number of hydrogen-bond acceptors (Lipinski definition) is 4. The average molecular weight is 326 g/mol. The maximum Gasteiger partial charge on any atom is 0.323 e. The lowest BCUT2D eigenvalue weighted by Crippen LogP contribution is -2.49. The minimum absolute atomic E-state index is 0.0485. The molecule has 1 saturated carbocycles. The Morgan fingerprint density at radius 3 is 1.83 bits per heavy atom. The molecule has 1 fully saturated rings. The Balaban J connectivity index is 3.13. The maximum absolute atomic E-state index is 12.9. The Labute approximate surface area is 141 Å². The highest BCUT2D eigenvalue weighted by Gasteiger charge is 2.54. The summed E-state index contributed by atoms with van der Waals surface area (Å²) in [4.78, 5) is 25.9. The molecule has 0 atom stereocenters. The summed E-state index contributed by atoms with van der Waals surface area (Å²) in [6.45, 7) is 8.77. The van der Waals surface area contributed by atoms with Crippen molar-refractivity contribution in [2.75, 3.05) is 13.2 Å². The zero-order chi connectivity index (χ0) is 17.3. The van der Waals surface area contributed by atoms with Gasteiger partial charge in [-0.15, -0.1) is 0 Å². The fourth-order valence-electron chi connectivity index (χ4n) is 3.64. The van der Waals surface area contributed by atoms with Gasteiger partial charge < -0.3 is 9.47 Å². The van der Waals surface area contributed by atoms with Crippen molar-refractivity contribution in [3.8, 4) is 0 Å². The third-order valence-corrected chi connectivity index (χ3v) is 4.64. The predicted octanol–water partition coefficient (Wildman–Crippen LogP) is 4.51. The molecule has 0 amide bonds. The fraction of sp³-hybridized carbons (Fsp3) is 0.895. The van der Waals surface area contributed by atoms with Crippen molar-refractivity contribution in [1.82, 2.24) is 0 Å². The molecule has 0 N–H and O–H groups in total. The van der Waals surface area contributed by atoms with Crippen molar-refractivity contribution in [1.29, 1.82) is 0 Å². The lowest BCUT2D eigenvalue weighted by Gasteiger charge is -2.39. The fourth-order valence-corrected chi connectivity index (χ4v) is 3.64. The highest BCUT2D eigenvalue weighted by Crippen LogP contribution is 2.45. The summed E-state index contributed by atoms with van der Waals surface area (Å²) in [6, 6.07) is 0. The summed E-state index contributed by atoms with van der Waals surface area (Å²) >= 11 is 0. The molecule has 4 nitrogen and oxygen atoms in total. The summed E-state index contributed by atoms with van der Waals surface area (Å²) < 4.78 is 10.9. The number of ether oxygens (including phenoxy) is 2. The Kier molecular flexibility index (Phi) is 8.64. The largest absolute Gasteiger partial charge is 0.465 e. The van der Waals surface area contributed by atoms with Gasteiger partial charge in [-0.3, -0.25) is 9.59 Å². The van der Waals surface area contributed by atoms with Crippen LogP contribution in [0.2, 0.25) is 0 Å². The van der Waals surface area contributed by atoms with Crippen molar-refractivity contribution < 1.29 is 19.1 Å². The van der Waals surface area contributed by atoms with Crippen LogP contribution in [0.5, 0.6) is 0 Å². The van der Waals surface area contributed by atoms with E-state index in [0.29, 0.717) is 19.6 Å². The lowest BCUT2D eigenvalue weighted by atomic mass is 9.65. The first kappa shape index (κ1) is 20.0. The minimum Gasteiger partial charge on any atom is -0.465 e.